The Morgan fingerprint density at radius 1 is 1.40 bits per heavy atom. The van der Waals surface area contributed by atoms with E-state index in [4.69, 9.17) is 5.73 Å². The molecule has 0 heterocycles. The van der Waals surface area contributed by atoms with Crippen LogP contribution in [-0.4, -0.2) is 26.8 Å². The maximum Gasteiger partial charge on any atom is 0.215 e. The first-order valence-corrected chi connectivity index (χ1v) is 7.05. The SMILES string of the molecule is C=CCS(=O)(=O)NC1CCCCC1CN. The van der Waals surface area contributed by atoms with Crippen molar-refractivity contribution in [1.29, 1.82) is 0 Å². The second-order valence-electron chi connectivity index (χ2n) is 4.07. The van der Waals surface area contributed by atoms with E-state index < -0.39 is 10.0 Å². The average molecular weight is 232 g/mol. The van der Waals surface area contributed by atoms with Gasteiger partial charge in [-0.15, -0.1) is 6.58 Å². The lowest BCUT2D eigenvalue weighted by Crippen LogP contribution is -2.45. The zero-order chi connectivity index (χ0) is 11.3. The van der Waals surface area contributed by atoms with Gasteiger partial charge in [0.1, 0.15) is 0 Å². The highest BCUT2D eigenvalue weighted by Gasteiger charge is 2.27. The van der Waals surface area contributed by atoms with Crippen LogP contribution in [0.15, 0.2) is 12.7 Å². The molecule has 0 aliphatic heterocycles. The van der Waals surface area contributed by atoms with Gasteiger partial charge < -0.3 is 5.73 Å². The molecule has 0 radical (unpaired) electrons. The third kappa shape index (κ3) is 3.93. The van der Waals surface area contributed by atoms with E-state index in [2.05, 4.69) is 11.3 Å². The Labute approximate surface area is 92.0 Å². The van der Waals surface area contributed by atoms with Crippen molar-refractivity contribution in [3.8, 4) is 0 Å². The summed E-state index contributed by atoms with van der Waals surface area (Å²) in [5, 5.41) is 0. The van der Waals surface area contributed by atoms with E-state index in [1.807, 2.05) is 0 Å². The molecule has 3 N–H and O–H groups in total. The third-order valence-corrected chi connectivity index (χ3v) is 4.22. The van der Waals surface area contributed by atoms with Gasteiger partial charge in [0.05, 0.1) is 5.75 Å². The van der Waals surface area contributed by atoms with Gasteiger partial charge >= 0.3 is 0 Å². The fourth-order valence-corrected chi connectivity index (χ4v) is 3.26. The zero-order valence-corrected chi connectivity index (χ0v) is 9.80. The van der Waals surface area contributed by atoms with Gasteiger partial charge in [0.15, 0.2) is 0 Å². The van der Waals surface area contributed by atoms with Crippen molar-refractivity contribution in [3.63, 3.8) is 0 Å². The number of nitrogens with one attached hydrogen (secondary N) is 1. The Kier molecular flexibility index (Phi) is 4.76. The molecular weight excluding hydrogens is 212 g/mol. The van der Waals surface area contributed by atoms with E-state index in [-0.39, 0.29) is 11.8 Å². The van der Waals surface area contributed by atoms with Crippen molar-refractivity contribution in [3.05, 3.63) is 12.7 Å². The van der Waals surface area contributed by atoms with Gasteiger partial charge in [0, 0.05) is 6.04 Å². The third-order valence-electron chi connectivity index (χ3n) is 2.88. The Balaban J connectivity index is 2.58. The lowest BCUT2D eigenvalue weighted by atomic mass is 9.85. The minimum atomic E-state index is -3.20. The van der Waals surface area contributed by atoms with E-state index >= 15 is 0 Å². The summed E-state index contributed by atoms with van der Waals surface area (Å²) in [6, 6.07) is 0.0219. The predicted octanol–water partition coefficient (Wildman–Crippen LogP) is 0.609. The van der Waals surface area contributed by atoms with Gasteiger partial charge in [-0.05, 0) is 25.3 Å². The molecule has 0 spiro atoms. The van der Waals surface area contributed by atoms with E-state index in [0.29, 0.717) is 12.5 Å². The Hall–Kier alpha value is -0.390. The summed E-state index contributed by atoms with van der Waals surface area (Å²) in [4.78, 5) is 0. The molecule has 88 valence electrons. The Bertz CT molecular complexity index is 301. The van der Waals surface area contributed by atoms with Crippen LogP contribution < -0.4 is 10.5 Å². The zero-order valence-electron chi connectivity index (χ0n) is 8.98. The van der Waals surface area contributed by atoms with E-state index in [0.717, 1.165) is 25.7 Å². The van der Waals surface area contributed by atoms with Crippen LogP contribution in [0, 0.1) is 5.92 Å². The first-order chi connectivity index (χ1) is 7.09. The second-order valence-corrected chi connectivity index (χ2v) is 5.87. The minimum absolute atomic E-state index is 0.0131. The van der Waals surface area contributed by atoms with Crippen molar-refractivity contribution < 1.29 is 8.42 Å². The maximum atomic E-state index is 11.5. The fraction of sp³-hybridized carbons (Fsp3) is 0.800. The minimum Gasteiger partial charge on any atom is -0.330 e. The second kappa shape index (κ2) is 5.63. The van der Waals surface area contributed by atoms with Crippen LogP contribution in [0.5, 0.6) is 0 Å². The molecule has 0 amide bonds. The number of hydrogen-bond donors (Lipinski definition) is 2. The molecule has 1 aliphatic carbocycles. The highest BCUT2D eigenvalue weighted by atomic mass is 32.2. The van der Waals surface area contributed by atoms with E-state index in [1.54, 1.807) is 0 Å². The summed E-state index contributed by atoms with van der Waals surface area (Å²) in [6.45, 7) is 3.99. The quantitative estimate of drug-likeness (QED) is 0.682. The molecule has 1 aliphatic rings. The largest absolute Gasteiger partial charge is 0.330 e. The summed E-state index contributed by atoms with van der Waals surface area (Å²) in [7, 11) is -3.20. The van der Waals surface area contributed by atoms with Crippen LogP contribution in [0.3, 0.4) is 0 Å². The van der Waals surface area contributed by atoms with Gasteiger partial charge in [-0.1, -0.05) is 18.9 Å². The monoisotopic (exact) mass is 232 g/mol. The molecule has 4 nitrogen and oxygen atoms in total. The van der Waals surface area contributed by atoms with Crippen LogP contribution in [0.4, 0.5) is 0 Å². The molecule has 0 aromatic carbocycles. The van der Waals surface area contributed by atoms with Crippen LogP contribution in [0.1, 0.15) is 25.7 Å². The highest BCUT2D eigenvalue weighted by molar-refractivity contribution is 7.89. The van der Waals surface area contributed by atoms with Crippen molar-refractivity contribution in [2.24, 2.45) is 11.7 Å². The maximum absolute atomic E-state index is 11.5. The van der Waals surface area contributed by atoms with Crippen LogP contribution in [0.2, 0.25) is 0 Å². The van der Waals surface area contributed by atoms with Gasteiger partial charge in [0.25, 0.3) is 0 Å². The fourth-order valence-electron chi connectivity index (χ4n) is 2.08. The van der Waals surface area contributed by atoms with Crippen molar-refractivity contribution >= 4 is 10.0 Å². The van der Waals surface area contributed by atoms with Crippen molar-refractivity contribution in [2.45, 2.75) is 31.7 Å². The standard InChI is InChI=1S/C10H20N2O2S/c1-2-7-15(13,14)12-10-6-4-3-5-9(10)8-11/h2,9-10,12H,1,3-8,11H2. The number of sulfonamides is 1. The lowest BCUT2D eigenvalue weighted by molar-refractivity contribution is 0.296. The summed E-state index contributed by atoms with van der Waals surface area (Å²) in [5.41, 5.74) is 5.63. The molecule has 1 fully saturated rings. The van der Waals surface area contributed by atoms with Crippen molar-refractivity contribution in [2.75, 3.05) is 12.3 Å². The Morgan fingerprint density at radius 3 is 2.67 bits per heavy atom. The average Bonchev–Trinajstić information content (AvgIpc) is 2.17. The predicted molar refractivity (Wildman–Crippen MR) is 61.9 cm³/mol. The van der Waals surface area contributed by atoms with Crippen LogP contribution in [0.25, 0.3) is 0 Å². The van der Waals surface area contributed by atoms with Gasteiger partial charge in [-0.2, -0.15) is 0 Å². The first-order valence-electron chi connectivity index (χ1n) is 5.40. The lowest BCUT2D eigenvalue weighted by Gasteiger charge is -2.30. The van der Waals surface area contributed by atoms with Crippen molar-refractivity contribution in [1.82, 2.24) is 4.72 Å². The van der Waals surface area contributed by atoms with E-state index in [9.17, 15) is 8.42 Å². The van der Waals surface area contributed by atoms with Gasteiger partial charge in [-0.3, -0.25) is 0 Å². The van der Waals surface area contributed by atoms with E-state index in [1.165, 1.54) is 6.08 Å². The van der Waals surface area contributed by atoms with Gasteiger partial charge in [-0.25, -0.2) is 13.1 Å². The number of rotatable bonds is 5. The molecule has 1 saturated carbocycles. The molecule has 2 atom stereocenters. The number of hydrogen-bond acceptors (Lipinski definition) is 3. The highest BCUT2D eigenvalue weighted by Crippen LogP contribution is 2.23. The molecule has 15 heavy (non-hydrogen) atoms. The summed E-state index contributed by atoms with van der Waals surface area (Å²) >= 11 is 0. The molecular formula is C10H20N2O2S. The molecule has 0 bridgehead atoms. The molecule has 5 heteroatoms. The Morgan fingerprint density at radius 2 is 2.07 bits per heavy atom. The smallest absolute Gasteiger partial charge is 0.215 e. The van der Waals surface area contributed by atoms with Crippen LogP contribution in [-0.2, 0) is 10.0 Å². The molecule has 2 unspecified atom stereocenters. The number of nitrogens with two attached hydrogens (primary N) is 1. The molecule has 1 rings (SSSR count). The molecule has 0 aromatic rings. The summed E-state index contributed by atoms with van der Waals surface area (Å²) < 4.78 is 25.8. The summed E-state index contributed by atoms with van der Waals surface area (Å²) in [6.07, 6.45) is 5.57. The molecule has 0 saturated heterocycles. The van der Waals surface area contributed by atoms with Gasteiger partial charge in [0.2, 0.25) is 10.0 Å². The van der Waals surface area contributed by atoms with Crippen LogP contribution >= 0.6 is 0 Å². The topological polar surface area (TPSA) is 72.2 Å². The summed E-state index contributed by atoms with van der Waals surface area (Å²) in [5.74, 6) is 0.277. The normalized spacial score (nSPS) is 27.5. The molecule has 0 aromatic heterocycles. The first kappa shape index (κ1) is 12.7.